The third kappa shape index (κ3) is 3.46. The molecular formula is C19H17F2N3O2. The second kappa shape index (κ2) is 7.03. The minimum Gasteiger partial charge on any atom is -0.476 e. The molecule has 5 nitrogen and oxygen atoms in total. The van der Waals surface area contributed by atoms with Gasteiger partial charge in [0.25, 0.3) is 5.91 Å². The van der Waals surface area contributed by atoms with Crippen molar-refractivity contribution in [3.05, 3.63) is 58.8 Å². The maximum absolute atomic E-state index is 13.8. The lowest BCUT2D eigenvalue weighted by Crippen LogP contribution is -2.17. The summed E-state index contributed by atoms with van der Waals surface area (Å²) in [4.78, 5) is 21.3. The van der Waals surface area contributed by atoms with E-state index in [0.717, 1.165) is 29.3 Å². The van der Waals surface area contributed by atoms with Gasteiger partial charge in [0.15, 0.2) is 5.69 Å². The Balaban J connectivity index is 2.06. The monoisotopic (exact) mass is 357 g/mol. The van der Waals surface area contributed by atoms with Gasteiger partial charge in [-0.05, 0) is 56.2 Å². The Bertz CT molecular complexity index is 1010. The largest absolute Gasteiger partial charge is 0.476 e. The van der Waals surface area contributed by atoms with Gasteiger partial charge in [-0.15, -0.1) is 0 Å². The van der Waals surface area contributed by atoms with E-state index >= 15 is 0 Å². The van der Waals surface area contributed by atoms with Crippen LogP contribution in [0.25, 0.3) is 11.0 Å². The van der Waals surface area contributed by atoms with Crippen LogP contribution in [-0.4, -0.2) is 22.5 Å². The van der Waals surface area contributed by atoms with Gasteiger partial charge in [0.2, 0.25) is 5.88 Å². The Labute approximate surface area is 149 Å². The molecule has 0 saturated heterocycles. The van der Waals surface area contributed by atoms with Gasteiger partial charge in [-0.3, -0.25) is 4.79 Å². The number of nitrogens with zero attached hydrogens (tertiary/aromatic N) is 2. The molecule has 1 amide bonds. The summed E-state index contributed by atoms with van der Waals surface area (Å²) < 4.78 is 32.5. The van der Waals surface area contributed by atoms with Gasteiger partial charge in [-0.1, -0.05) is 0 Å². The molecule has 0 unspecified atom stereocenters. The van der Waals surface area contributed by atoms with Crippen LogP contribution in [0.1, 0.15) is 28.5 Å². The Hall–Kier alpha value is -3.09. The van der Waals surface area contributed by atoms with Crippen molar-refractivity contribution in [1.29, 1.82) is 0 Å². The van der Waals surface area contributed by atoms with E-state index in [1.807, 2.05) is 26.0 Å². The minimum atomic E-state index is -0.752. The standard InChI is InChI=1S/C19H17F2N3O2/c1-4-26-19-17(18(25)23-14-9-12(20)5-6-13(14)21)22-15-7-10(2)11(3)8-16(15)24-19/h5-9H,4H2,1-3H3,(H,23,25). The maximum Gasteiger partial charge on any atom is 0.280 e. The smallest absolute Gasteiger partial charge is 0.280 e. The Morgan fingerprint density at radius 1 is 1.08 bits per heavy atom. The molecule has 0 bridgehead atoms. The van der Waals surface area contributed by atoms with Crippen molar-refractivity contribution in [2.45, 2.75) is 20.8 Å². The predicted molar refractivity (Wildman–Crippen MR) is 94.5 cm³/mol. The number of halogens is 2. The lowest BCUT2D eigenvalue weighted by Gasteiger charge is -2.12. The van der Waals surface area contributed by atoms with Gasteiger partial charge < -0.3 is 10.1 Å². The van der Waals surface area contributed by atoms with E-state index in [4.69, 9.17) is 4.74 Å². The Kier molecular flexibility index (Phi) is 4.79. The minimum absolute atomic E-state index is 0.0394. The normalized spacial score (nSPS) is 10.8. The number of benzene rings is 2. The number of rotatable bonds is 4. The summed E-state index contributed by atoms with van der Waals surface area (Å²) in [5.74, 6) is -2.11. The van der Waals surface area contributed by atoms with Gasteiger partial charge in [-0.25, -0.2) is 18.7 Å². The highest BCUT2D eigenvalue weighted by Gasteiger charge is 2.20. The molecule has 26 heavy (non-hydrogen) atoms. The van der Waals surface area contributed by atoms with Crippen molar-refractivity contribution in [3.63, 3.8) is 0 Å². The Morgan fingerprint density at radius 2 is 1.73 bits per heavy atom. The third-order valence-corrected chi connectivity index (χ3v) is 3.92. The molecule has 0 fully saturated rings. The zero-order valence-corrected chi connectivity index (χ0v) is 14.6. The number of carbonyl (C=O) groups excluding carboxylic acids is 1. The van der Waals surface area contributed by atoms with Crippen molar-refractivity contribution in [2.75, 3.05) is 11.9 Å². The summed E-state index contributed by atoms with van der Waals surface area (Å²) in [6.45, 7) is 5.90. The average molecular weight is 357 g/mol. The molecule has 3 aromatic rings. The number of aromatic nitrogens is 2. The van der Waals surface area contributed by atoms with Gasteiger partial charge in [0.05, 0.1) is 23.3 Å². The Morgan fingerprint density at radius 3 is 2.38 bits per heavy atom. The first-order valence-electron chi connectivity index (χ1n) is 8.07. The topological polar surface area (TPSA) is 64.1 Å². The first-order valence-corrected chi connectivity index (χ1v) is 8.07. The fourth-order valence-electron chi connectivity index (χ4n) is 2.46. The van der Waals surface area contributed by atoms with E-state index in [1.165, 1.54) is 0 Å². The maximum atomic E-state index is 13.8. The lowest BCUT2D eigenvalue weighted by atomic mass is 10.1. The fourth-order valence-corrected chi connectivity index (χ4v) is 2.46. The molecule has 3 rings (SSSR count). The summed E-state index contributed by atoms with van der Waals surface area (Å²) in [6.07, 6.45) is 0. The van der Waals surface area contributed by atoms with E-state index in [-0.39, 0.29) is 23.9 Å². The molecule has 134 valence electrons. The molecule has 1 N–H and O–H groups in total. The van der Waals surface area contributed by atoms with Crippen LogP contribution in [0.3, 0.4) is 0 Å². The van der Waals surface area contributed by atoms with Crippen LogP contribution < -0.4 is 10.1 Å². The molecule has 2 aromatic carbocycles. The summed E-state index contributed by atoms with van der Waals surface area (Å²) in [5, 5.41) is 2.32. The molecule has 7 heteroatoms. The summed E-state index contributed by atoms with van der Waals surface area (Å²) in [5.41, 5.74) is 2.77. The van der Waals surface area contributed by atoms with Crippen LogP contribution in [0.15, 0.2) is 30.3 Å². The summed E-state index contributed by atoms with van der Waals surface area (Å²) in [6, 6.07) is 6.47. The zero-order valence-electron chi connectivity index (χ0n) is 14.6. The molecule has 0 atom stereocenters. The number of hydrogen-bond acceptors (Lipinski definition) is 4. The summed E-state index contributed by atoms with van der Waals surface area (Å²) >= 11 is 0. The molecule has 0 aliphatic carbocycles. The van der Waals surface area contributed by atoms with Crippen LogP contribution >= 0.6 is 0 Å². The first kappa shape index (κ1) is 17.7. The van der Waals surface area contributed by atoms with E-state index in [1.54, 1.807) is 6.92 Å². The van der Waals surface area contributed by atoms with E-state index in [0.29, 0.717) is 11.0 Å². The van der Waals surface area contributed by atoms with E-state index in [9.17, 15) is 13.6 Å². The van der Waals surface area contributed by atoms with Crippen LogP contribution in [0.2, 0.25) is 0 Å². The predicted octanol–water partition coefficient (Wildman–Crippen LogP) is 4.18. The molecule has 0 saturated carbocycles. The van der Waals surface area contributed by atoms with Gasteiger partial charge in [0, 0.05) is 6.07 Å². The average Bonchev–Trinajstić information content (AvgIpc) is 2.59. The number of anilines is 1. The van der Waals surface area contributed by atoms with Gasteiger partial charge in [-0.2, -0.15) is 0 Å². The van der Waals surface area contributed by atoms with Crippen LogP contribution in [0.5, 0.6) is 5.88 Å². The molecule has 0 spiro atoms. The van der Waals surface area contributed by atoms with Crippen molar-refractivity contribution in [3.8, 4) is 5.88 Å². The number of amides is 1. The van der Waals surface area contributed by atoms with Gasteiger partial charge >= 0.3 is 0 Å². The second-order valence-corrected chi connectivity index (χ2v) is 5.81. The zero-order chi connectivity index (χ0) is 18.8. The highest BCUT2D eigenvalue weighted by Crippen LogP contribution is 2.24. The number of carbonyl (C=O) groups is 1. The van der Waals surface area contributed by atoms with Crippen molar-refractivity contribution >= 4 is 22.6 Å². The van der Waals surface area contributed by atoms with E-state index < -0.39 is 17.5 Å². The number of ether oxygens (including phenoxy) is 1. The molecule has 0 aliphatic heterocycles. The van der Waals surface area contributed by atoms with E-state index in [2.05, 4.69) is 15.3 Å². The quantitative estimate of drug-likeness (QED) is 0.761. The highest BCUT2D eigenvalue weighted by molar-refractivity contribution is 6.05. The van der Waals surface area contributed by atoms with Crippen LogP contribution in [0, 0.1) is 25.5 Å². The number of aryl methyl sites for hydroxylation is 2. The summed E-state index contributed by atoms with van der Waals surface area (Å²) in [7, 11) is 0. The number of nitrogens with one attached hydrogen (secondary N) is 1. The molecule has 0 aliphatic rings. The fraction of sp³-hybridized carbons (Fsp3) is 0.211. The molecule has 0 radical (unpaired) electrons. The third-order valence-electron chi connectivity index (χ3n) is 3.92. The van der Waals surface area contributed by atoms with Crippen molar-refractivity contribution in [1.82, 2.24) is 9.97 Å². The lowest BCUT2D eigenvalue weighted by molar-refractivity contribution is 0.101. The molecule has 1 heterocycles. The molecular weight excluding hydrogens is 340 g/mol. The number of fused-ring (bicyclic) bond motifs is 1. The molecule has 1 aromatic heterocycles. The van der Waals surface area contributed by atoms with Crippen LogP contribution in [-0.2, 0) is 0 Å². The van der Waals surface area contributed by atoms with Gasteiger partial charge in [0.1, 0.15) is 11.6 Å². The first-order chi connectivity index (χ1) is 12.4. The van der Waals surface area contributed by atoms with Crippen molar-refractivity contribution in [2.24, 2.45) is 0 Å². The number of hydrogen-bond donors (Lipinski definition) is 1. The highest BCUT2D eigenvalue weighted by atomic mass is 19.1. The van der Waals surface area contributed by atoms with Crippen molar-refractivity contribution < 1.29 is 18.3 Å². The SMILES string of the molecule is CCOc1nc2cc(C)c(C)cc2nc1C(=O)Nc1cc(F)ccc1F. The second-order valence-electron chi connectivity index (χ2n) is 5.81. The van der Waals surface area contributed by atoms with Crippen LogP contribution in [0.4, 0.5) is 14.5 Å².